The van der Waals surface area contributed by atoms with Gasteiger partial charge in [-0.1, -0.05) is 6.07 Å². The molecule has 0 saturated heterocycles. The van der Waals surface area contributed by atoms with E-state index in [-0.39, 0.29) is 0 Å². The molecule has 0 spiro atoms. The lowest BCUT2D eigenvalue weighted by Crippen LogP contribution is -1.95. The van der Waals surface area contributed by atoms with Gasteiger partial charge in [0.2, 0.25) is 0 Å². The second-order valence-corrected chi connectivity index (χ2v) is 3.68. The zero-order chi connectivity index (χ0) is 11.7. The van der Waals surface area contributed by atoms with E-state index in [1.54, 1.807) is 23.3 Å². The van der Waals surface area contributed by atoms with E-state index in [1.165, 1.54) is 0 Å². The van der Waals surface area contributed by atoms with Crippen molar-refractivity contribution in [3.63, 3.8) is 0 Å². The molecule has 0 amide bonds. The Morgan fingerprint density at radius 1 is 1.18 bits per heavy atom. The number of rotatable bonds is 2. The zero-order valence-corrected chi connectivity index (χ0v) is 8.95. The molecule has 0 aliphatic rings. The quantitative estimate of drug-likeness (QED) is 0.626. The average molecular weight is 223 g/mol. The summed E-state index contributed by atoms with van der Waals surface area (Å²) >= 11 is 0. The molecule has 0 atom stereocenters. The summed E-state index contributed by atoms with van der Waals surface area (Å²) in [6.07, 6.45) is 5.79. The molecule has 82 valence electrons. The van der Waals surface area contributed by atoms with Gasteiger partial charge in [0.1, 0.15) is 0 Å². The van der Waals surface area contributed by atoms with Crippen LogP contribution in [0.15, 0.2) is 48.9 Å². The highest BCUT2D eigenvalue weighted by atomic mass is 16.1. The molecule has 3 rings (SSSR count). The fraction of sp³-hybridized carbons (Fsp3) is 0. The predicted octanol–water partition coefficient (Wildman–Crippen LogP) is 2.23. The smallest absolute Gasteiger partial charge is 0.153 e. The van der Waals surface area contributed by atoms with E-state index in [2.05, 4.69) is 10.1 Å². The third-order valence-corrected chi connectivity index (χ3v) is 2.61. The van der Waals surface area contributed by atoms with Crippen LogP contribution < -0.4 is 0 Å². The summed E-state index contributed by atoms with van der Waals surface area (Å²) in [5.74, 6) is 0. The van der Waals surface area contributed by atoms with Gasteiger partial charge in [-0.05, 0) is 24.3 Å². The first kappa shape index (κ1) is 9.72. The second-order valence-electron chi connectivity index (χ2n) is 3.68. The van der Waals surface area contributed by atoms with Crippen molar-refractivity contribution in [1.82, 2.24) is 14.8 Å². The van der Waals surface area contributed by atoms with Crippen molar-refractivity contribution in [3.05, 3.63) is 54.5 Å². The third kappa shape index (κ3) is 1.59. The number of carbonyl (C=O) groups is 1. The molecule has 2 aromatic heterocycles. The molecule has 0 N–H and O–H groups in total. The molecule has 0 bridgehead atoms. The normalized spacial score (nSPS) is 10.6. The fourth-order valence-corrected chi connectivity index (χ4v) is 1.82. The van der Waals surface area contributed by atoms with Gasteiger partial charge in [0.15, 0.2) is 6.29 Å². The van der Waals surface area contributed by atoms with E-state index >= 15 is 0 Å². The Labute approximate surface area is 97.5 Å². The number of pyridine rings is 1. The van der Waals surface area contributed by atoms with Crippen molar-refractivity contribution in [2.24, 2.45) is 0 Å². The Balaban J connectivity index is 2.26. The molecule has 4 heteroatoms. The number of hydrogen-bond acceptors (Lipinski definition) is 3. The molecule has 0 aliphatic heterocycles. The highest BCUT2D eigenvalue weighted by Gasteiger charge is 2.04. The number of nitrogens with zero attached hydrogens (tertiary/aromatic N) is 3. The van der Waals surface area contributed by atoms with Crippen molar-refractivity contribution in [2.45, 2.75) is 0 Å². The summed E-state index contributed by atoms with van der Waals surface area (Å²) in [4.78, 5) is 14.9. The topological polar surface area (TPSA) is 47.8 Å². The van der Waals surface area contributed by atoms with Crippen LogP contribution in [-0.4, -0.2) is 21.1 Å². The summed E-state index contributed by atoms with van der Waals surface area (Å²) in [5, 5.41) is 5.17. The molecule has 0 saturated carbocycles. The molecule has 17 heavy (non-hydrogen) atoms. The number of carbonyl (C=O) groups excluding carboxylic acids is 1. The largest absolute Gasteiger partial charge is 0.298 e. The van der Waals surface area contributed by atoms with Gasteiger partial charge in [-0.25, -0.2) is 4.68 Å². The van der Waals surface area contributed by atoms with E-state index in [0.29, 0.717) is 5.56 Å². The standard InChI is InChI=1S/C13H9N3O/c17-9-10-7-15-16(8-10)13-5-1-4-12-11(13)3-2-6-14-12/h1-9H. The lowest BCUT2D eigenvalue weighted by Gasteiger charge is -2.05. The van der Waals surface area contributed by atoms with Crippen LogP contribution in [0, 0.1) is 0 Å². The minimum atomic E-state index is 0.561. The van der Waals surface area contributed by atoms with E-state index in [0.717, 1.165) is 22.9 Å². The predicted molar refractivity (Wildman–Crippen MR) is 64.3 cm³/mol. The number of aromatic nitrogens is 3. The maximum absolute atomic E-state index is 10.6. The van der Waals surface area contributed by atoms with Crippen LogP contribution in [0.25, 0.3) is 16.6 Å². The molecule has 2 heterocycles. The van der Waals surface area contributed by atoms with Crippen LogP contribution >= 0.6 is 0 Å². The maximum atomic E-state index is 10.6. The van der Waals surface area contributed by atoms with Gasteiger partial charge in [0.05, 0.1) is 23.0 Å². The molecule has 0 aliphatic carbocycles. The van der Waals surface area contributed by atoms with Gasteiger partial charge in [-0.2, -0.15) is 5.10 Å². The molecule has 0 fully saturated rings. The highest BCUT2D eigenvalue weighted by molar-refractivity contribution is 5.87. The Hall–Kier alpha value is -2.49. The lowest BCUT2D eigenvalue weighted by atomic mass is 10.2. The average Bonchev–Trinajstić information content (AvgIpc) is 2.87. The minimum absolute atomic E-state index is 0.561. The molecule has 0 unspecified atom stereocenters. The van der Waals surface area contributed by atoms with Crippen molar-refractivity contribution < 1.29 is 4.79 Å². The summed E-state index contributed by atoms with van der Waals surface area (Å²) in [5.41, 5.74) is 2.39. The van der Waals surface area contributed by atoms with Crippen LogP contribution in [0.4, 0.5) is 0 Å². The Morgan fingerprint density at radius 3 is 2.94 bits per heavy atom. The lowest BCUT2D eigenvalue weighted by molar-refractivity contribution is 0.112. The molecule has 4 nitrogen and oxygen atoms in total. The summed E-state index contributed by atoms with van der Waals surface area (Å²) < 4.78 is 1.69. The van der Waals surface area contributed by atoms with Gasteiger partial charge < -0.3 is 0 Å². The zero-order valence-electron chi connectivity index (χ0n) is 8.95. The van der Waals surface area contributed by atoms with E-state index in [9.17, 15) is 4.79 Å². The van der Waals surface area contributed by atoms with Gasteiger partial charge in [0, 0.05) is 17.8 Å². The molecular formula is C13H9N3O. The van der Waals surface area contributed by atoms with Gasteiger partial charge in [0.25, 0.3) is 0 Å². The Kier molecular flexibility index (Phi) is 2.19. The van der Waals surface area contributed by atoms with Gasteiger partial charge in [-0.3, -0.25) is 9.78 Å². The van der Waals surface area contributed by atoms with E-state index in [4.69, 9.17) is 0 Å². The number of hydrogen-bond donors (Lipinski definition) is 0. The van der Waals surface area contributed by atoms with Crippen LogP contribution in [0.2, 0.25) is 0 Å². The molecule has 0 radical (unpaired) electrons. The van der Waals surface area contributed by atoms with Crippen molar-refractivity contribution in [3.8, 4) is 5.69 Å². The number of fused-ring (bicyclic) bond motifs is 1. The summed E-state index contributed by atoms with van der Waals surface area (Å²) in [6.45, 7) is 0. The first-order chi connectivity index (χ1) is 8.38. The van der Waals surface area contributed by atoms with E-state index in [1.807, 2.05) is 30.3 Å². The van der Waals surface area contributed by atoms with Crippen LogP contribution in [0.3, 0.4) is 0 Å². The van der Waals surface area contributed by atoms with Crippen molar-refractivity contribution in [2.75, 3.05) is 0 Å². The summed E-state index contributed by atoms with van der Waals surface area (Å²) in [7, 11) is 0. The first-order valence-electron chi connectivity index (χ1n) is 5.22. The maximum Gasteiger partial charge on any atom is 0.153 e. The third-order valence-electron chi connectivity index (χ3n) is 2.61. The molecule has 3 aromatic rings. The SMILES string of the molecule is O=Cc1cnn(-c2cccc3ncccc23)c1. The first-order valence-corrected chi connectivity index (χ1v) is 5.22. The Bertz CT molecular complexity index is 682. The molecular weight excluding hydrogens is 214 g/mol. The summed E-state index contributed by atoms with van der Waals surface area (Å²) in [6, 6.07) is 9.69. The van der Waals surface area contributed by atoms with Crippen molar-refractivity contribution in [1.29, 1.82) is 0 Å². The monoisotopic (exact) mass is 223 g/mol. The van der Waals surface area contributed by atoms with Crippen LogP contribution in [-0.2, 0) is 0 Å². The van der Waals surface area contributed by atoms with Crippen molar-refractivity contribution >= 4 is 17.2 Å². The number of aldehydes is 1. The van der Waals surface area contributed by atoms with E-state index < -0.39 is 0 Å². The van der Waals surface area contributed by atoms with Crippen LogP contribution in [0.5, 0.6) is 0 Å². The fourth-order valence-electron chi connectivity index (χ4n) is 1.82. The molecule has 1 aromatic carbocycles. The highest BCUT2D eigenvalue weighted by Crippen LogP contribution is 2.19. The van der Waals surface area contributed by atoms with Crippen LogP contribution in [0.1, 0.15) is 10.4 Å². The minimum Gasteiger partial charge on any atom is -0.298 e. The van der Waals surface area contributed by atoms with Gasteiger partial charge >= 0.3 is 0 Å². The Morgan fingerprint density at radius 2 is 2.12 bits per heavy atom. The second kappa shape index (κ2) is 3.83. The number of benzene rings is 1. The van der Waals surface area contributed by atoms with Gasteiger partial charge in [-0.15, -0.1) is 0 Å².